The van der Waals surface area contributed by atoms with E-state index in [1.807, 2.05) is 24.3 Å². The number of ether oxygens (including phenoxy) is 1. The number of halogens is 1. The van der Waals surface area contributed by atoms with Crippen LogP contribution in [-0.2, 0) is 9.53 Å². The summed E-state index contributed by atoms with van der Waals surface area (Å²) in [6, 6.07) is 10.9. The van der Waals surface area contributed by atoms with Gasteiger partial charge in [-0.05, 0) is 25.1 Å². The van der Waals surface area contributed by atoms with Gasteiger partial charge >= 0.3 is 5.97 Å². The number of aromatic nitrogens is 2. The first-order valence-corrected chi connectivity index (χ1v) is 8.77. The molecule has 0 bridgehead atoms. The summed E-state index contributed by atoms with van der Waals surface area (Å²) in [5.41, 5.74) is 2.62. The van der Waals surface area contributed by atoms with Gasteiger partial charge in [0.2, 0.25) is 5.95 Å². The third-order valence-corrected chi connectivity index (χ3v) is 5.07. The zero-order valence-corrected chi connectivity index (χ0v) is 15.7. The van der Waals surface area contributed by atoms with Crippen LogP contribution in [0.5, 0.6) is 0 Å². The van der Waals surface area contributed by atoms with Gasteiger partial charge in [0.15, 0.2) is 0 Å². The van der Waals surface area contributed by atoms with Crippen LogP contribution in [0.25, 0.3) is 11.0 Å². The van der Waals surface area contributed by atoms with E-state index in [0.29, 0.717) is 27.8 Å². The minimum atomic E-state index is -0.733. The lowest BCUT2D eigenvalue weighted by Gasteiger charge is -2.30. The van der Waals surface area contributed by atoms with E-state index >= 15 is 0 Å². The van der Waals surface area contributed by atoms with Crippen molar-refractivity contribution in [2.75, 3.05) is 12.4 Å². The Bertz CT molecular complexity index is 1170. The van der Waals surface area contributed by atoms with Crippen LogP contribution in [0, 0.1) is 10.1 Å². The quantitative estimate of drug-likeness (QED) is 0.405. The molecule has 0 saturated carbocycles. The summed E-state index contributed by atoms with van der Waals surface area (Å²) in [4.78, 5) is 28.0. The molecular weight excluding hydrogens is 384 g/mol. The number of imidazole rings is 1. The van der Waals surface area contributed by atoms with Crippen molar-refractivity contribution in [2.24, 2.45) is 0 Å². The molecule has 142 valence electrons. The lowest BCUT2D eigenvalue weighted by Crippen LogP contribution is -2.28. The van der Waals surface area contributed by atoms with Crippen LogP contribution in [0.4, 0.5) is 11.6 Å². The zero-order chi connectivity index (χ0) is 20.0. The Morgan fingerprint density at radius 2 is 2.07 bits per heavy atom. The van der Waals surface area contributed by atoms with Gasteiger partial charge in [0.25, 0.3) is 5.69 Å². The highest BCUT2D eigenvalue weighted by atomic mass is 35.5. The van der Waals surface area contributed by atoms with Crippen molar-refractivity contribution in [3.8, 4) is 0 Å². The van der Waals surface area contributed by atoms with Gasteiger partial charge in [-0.25, -0.2) is 9.78 Å². The highest BCUT2D eigenvalue weighted by Gasteiger charge is 2.36. The Hall–Kier alpha value is -3.39. The van der Waals surface area contributed by atoms with Crippen molar-refractivity contribution < 1.29 is 14.5 Å². The third-order valence-electron chi connectivity index (χ3n) is 4.72. The molecule has 28 heavy (non-hydrogen) atoms. The second-order valence-corrected chi connectivity index (χ2v) is 6.72. The summed E-state index contributed by atoms with van der Waals surface area (Å²) in [6.07, 6.45) is 0. The van der Waals surface area contributed by atoms with Crippen LogP contribution >= 0.6 is 11.6 Å². The summed E-state index contributed by atoms with van der Waals surface area (Å²) in [5.74, 6) is -0.0417. The number of esters is 1. The number of carbonyl (C=O) groups excluding carboxylic acids is 1. The van der Waals surface area contributed by atoms with Crippen LogP contribution in [0.2, 0.25) is 5.02 Å². The predicted octanol–water partition coefficient (Wildman–Crippen LogP) is 4.06. The molecule has 1 aliphatic rings. The lowest BCUT2D eigenvalue weighted by molar-refractivity contribution is -0.384. The standard InChI is InChI=1S/C19H15ClN4O4/c1-10-16(18(25)28-2)17(12-9-11(24(26)27)7-8-13(12)20)23-15-6-4-3-5-14(15)22-19(23)21-10/h3-9,17H,1-2H3,(H,21,22)/t17-/m1/s1. The van der Waals surface area contributed by atoms with Gasteiger partial charge in [0.05, 0.1) is 34.7 Å². The molecular formula is C19H15ClN4O4. The minimum absolute atomic E-state index is 0.120. The number of hydrogen-bond acceptors (Lipinski definition) is 6. The fourth-order valence-corrected chi connectivity index (χ4v) is 3.71. The average Bonchev–Trinajstić information content (AvgIpc) is 3.04. The molecule has 1 aliphatic heterocycles. The summed E-state index contributed by atoms with van der Waals surface area (Å²) in [5, 5.41) is 14.7. The van der Waals surface area contributed by atoms with Gasteiger partial charge in [-0.1, -0.05) is 23.7 Å². The first-order valence-electron chi connectivity index (χ1n) is 8.39. The summed E-state index contributed by atoms with van der Waals surface area (Å²) in [6.45, 7) is 1.73. The molecule has 0 amide bonds. The van der Waals surface area contributed by atoms with Crippen LogP contribution in [0.1, 0.15) is 18.5 Å². The molecule has 1 aromatic heterocycles. The van der Waals surface area contributed by atoms with Crippen LogP contribution in [-0.4, -0.2) is 27.6 Å². The molecule has 2 heterocycles. The predicted molar refractivity (Wildman–Crippen MR) is 104 cm³/mol. The topological polar surface area (TPSA) is 99.3 Å². The van der Waals surface area contributed by atoms with Gasteiger partial charge in [-0.3, -0.25) is 14.7 Å². The number of para-hydroxylation sites is 2. The summed E-state index contributed by atoms with van der Waals surface area (Å²) < 4.78 is 6.79. The summed E-state index contributed by atoms with van der Waals surface area (Å²) >= 11 is 6.43. The number of anilines is 1. The SMILES string of the molecule is COC(=O)C1=C(C)Nc2nc3ccccc3n2[C@@H]1c1cc([N+](=O)[O-])ccc1Cl. The van der Waals surface area contributed by atoms with Crippen molar-refractivity contribution in [3.63, 3.8) is 0 Å². The Balaban J connectivity index is 2.06. The van der Waals surface area contributed by atoms with E-state index in [2.05, 4.69) is 10.3 Å². The van der Waals surface area contributed by atoms with Crippen molar-refractivity contribution in [3.05, 3.63) is 74.4 Å². The molecule has 4 rings (SSSR count). The van der Waals surface area contributed by atoms with Crippen molar-refractivity contribution in [1.29, 1.82) is 0 Å². The number of nitro groups is 1. The second kappa shape index (κ2) is 6.65. The molecule has 1 atom stereocenters. The number of benzene rings is 2. The maximum absolute atomic E-state index is 12.6. The monoisotopic (exact) mass is 398 g/mol. The van der Waals surface area contributed by atoms with Gasteiger partial charge in [-0.2, -0.15) is 0 Å². The smallest absolute Gasteiger partial charge is 0.337 e. The number of nitro benzene ring substituents is 1. The number of non-ortho nitro benzene ring substituents is 1. The Labute approximate surface area is 164 Å². The number of nitrogens with zero attached hydrogens (tertiary/aromatic N) is 3. The summed E-state index contributed by atoms with van der Waals surface area (Å²) in [7, 11) is 1.29. The highest BCUT2D eigenvalue weighted by Crippen LogP contribution is 2.42. The Kier molecular flexibility index (Phi) is 4.27. The van der Waals surface area contributed by atoms with E-state index in [1.165, 1.54) is 25.3 Å². The number of nitrogens with one attached hydrogen (secondary N) is 1. The zero-order valence-electron chi connectivity index (χ0n) is 15.0. The van der Waals surface area contributed by atoms with Crippen LogP contribution in [0.3, 0.4) is 0 Å². The number of carbonyl (C=O) groups is 1. The molecule has 0 saturated heterocycles. The molecule has 0 aliphatic carbocycles. The number of hydrogen-bond donors (Lipinski definition) is 1. The van der Waals surface area contributed by atoms with Crippen molar-refractivity contribution >= 4 is 40.2 Å². The highest BCUT2D eigenvalue weighted by molar-refractivity contribution is 6.31. The molecule has 0 radical (unpaired) electrons. The third kappa shape index (κ3) is 2.69. The molecule has 8 nitrogen and oxygen atoms in total. The molecule has 1 N–H and O–H groups in total. The molecule has 3 aromatic rings. The van der Waals surface area contributed by atoms with E-state index in [1.54, 1.807) is 11.5 Å². The van der Waals surface area contributed by atoms with Gasteiger partial charge in [0.1, 0.15) is 0 Å². The number of rotatable bonds is 3. The van der Waals surface area contributed by atoms with E-state index in [-0.39, 0.29) is 5.69 Å². The Morgan fingerprint density at radius 3 is 2.79 bits per heavy atom. The molecule has 0 unspecified atom stereocenters. The van der Waals surface area contributed by atoms with Crippen LogP contribution < -0.4 is 5.32 Å². The maximum atomic E-state index is 12.6. The van der Waals surface area contributed by atoms with Crippen molar-refractivity contribution in [1.82, 2.24) is 9.55 Å². The molecule has 0 fully saturated rings. The number of allylic oxidation sites excluding steroid dienone is 1. The average molecular weight is 399 g/mol. The van der Waals surface area contributed by atoms with E-state index in [4.69, 9.17) is 16.3 Å². The number of methoxy groups -OCH3 is 1. The maximum Gasteiger partial charge on any atom is 0.337 e. The normalized spacial score (nSPS) is 15.9. The van der Waals surface area contributed by atoms with E-state index in [0.717, 1.165) is 11.0 Å². The van der Waals surface area contributed by atoms with E-state index in [9.17, 15) is 14.9 Å². The molecule has 9 heteroatoms. The lowest BCUT2D eigenvalue weighted by atomic mass is 9.94. The fraction of sp³-hybridized carbons (Fsp3) is 0.158. The van der Waals surface area contributed by atoms with Crippen LogP contribution in [0.15, 0.2) is 53.7 Å². The molecule has 2 aromatic carbocycles. The van der Waals surface area contributed by atoms with Crippen molar-refractivity contribution in [2.45, 2.75) is 13.0 Å². The minimum Gasteiger partial charge on any atom is -0.466 e. The fourth-order valence-electron chi connectivity index (χ4n) is 3.49. The largest absolute Gasteiger partial charge is 0.466 e. The first-order chi connectivity index (χ1) is 13.4. The second-order valence-electron chi connectivity index (χ2n) is 6.31. The van der Waals surface area contributed by atoms with Gasteiger partial charge in [0, 0.05) is 28.4 Å². The number of fused-ring (bicyclic) bond motifs is 3. The van der Waals surface area contributed by atoms with E-state index < -0.39 is 16.9 Å². The van der Waals surface area contributed by atoms with Gasteiger partial charge < -0.3 is 10.1 Å². The molecule has 0 spiro atoms. The first kappa shape index (κ1) is 18.0. The van der Waals surface area contributed by atoms with Gasteiger partial charge in [-0.15, -0.1) is 0 Å². The Morgan fingerprint density at radius 1 is 1.32 bits per heavy atom.